The quantitative estimate of drug-likeness (QED) is 0.309. The summed E-state index contributed by atoms with van der Waals surface area (Å²) >= 11 is 3.27. The minimum absolute atomic E-state index is 0.164. The lowest BCUT2D eigenvalue weighted by molar-refractivity contribution is -0.117. The average molecular weight is 550 g/mol. The zero-order chi connectivity index (χ0) is 26.1. The maximum Gasteiger partial charge on any atom is 0.241 e. The van der Waals surface area contributed by atoms with Crippen molar-refractivity contribution in [3.8, 4) is 35.0 Å². The maximum atomic E-state index is 12.1. The summed E-state index contributed by atoms with van der Waals surface area (Å²) in [6.45, 7) is 4.75. The van der Waals surface area contributed by atoms with E-state index in [1.807, 2.05) is 44.3 Å². The SMILES string of the molecule is C#CCOc1cc(Br)ccc1C=O.CC(C)C[C@@H](N)C(=O)Nc1ccc2c(c1)OCc1cnccc1-2. The molecule has 4 rings (SSSR count). The predicted molar refractivity (Wildman–Crippen MR) is 144 cm³/mol. The number of carbonyl (C=O) groups is 2. The van der Waals surface area contributed by atoms with Gasteiger partial charge in [0, 0.05) is 39.7 Å². The number of rotatable bonds is 7. The highest BCUT2D eigenvalue weighted by Crippen LogP contribution is 2.38. The first-order valence-electron chi connectivity index (χ1n) is 11.4. The van der Waals surface area contributed by atoms with Crippen molar-refractivity contribution in [3.05, 3.63) is 70.5 Å². The number of aldehydes is 1. The van der Waals surface area contributed by atoms with Crippen LogP contribution in [-0.4, -0.2) is 29.8 Å². The Kier molecular flexibility index (Phi) is 9.62. The van der Waals surface area contributed by atoms with Gasteiger partial charge in [-0.2, -0.15) is 0 Å². The number of hydrogen-bond acceptors (Lipinski definition) is 6. The van der Waals surface area contributed by atoms with Gasteiger partial charge in [-0.1, -0.05) is 35.7 Å². The van der Waals surface area contributed by atoms with Crippen LogP contribution in [0.5, 0.6) is 11.5 Å². The number of halogens is 1. The van der Waals surface area contributed by atoms with Crippen molar-refractivity contribution >= 4 is 33.8 Å². The number of fused-ring (bicyclic) bond motifs is 3. The molecule has 7 nitrogen and oxygen atoms in total. The van der Waals surface area contributed by atoms with E-state index in [0.717, 1.165) is 33.2 Å². The standard InChI is InChI=1S/C18H21N3O2.C10H7BrO2/c1-11(2)7-16(19)18(22)21-13-3-4-15-14-5-6-20-9-12(14)10-23-17(15)8-13;1-2-5-13-10-6-9(11)4-3-8(10)7-12/h3-6,8-9,11,16H,7,10,19H2,1-2H3,(H,21,22);1,3-4,6-7H,5H2/t16-;/m1./s1. The van der Waals surface area contributed by atoms with Crippen LogP contribution < -0.4 is 20.5 Å². The second kappa shape index (κ2) is 12.9. The molecule has 0 bridgehead atoms. The fourth-order valence-electron chi connectivity index (χ4n) is 3.60. The number of anilines is 1. The summed E-state index contributed by atoms with van der Waals surface area (Å²) < 4.78 is 11.8. The molecular formula is C28H28BrN3O4. The second-order valence-corrected chi connectivity index (χ2v) is 9.47. The third-order valence-corrected chi connectivity index (χ3v) is 5.80. The summed E-state index contributed by atoms with van der Waals surface area (Å²) in [6, 6.07) is 12.3. The number of nitrogens with zero attached hydrogens (tertiary/aromatic N) is 1. The van der Waals surface area contributed by atoms with Crippen LogP contribution in [0.1, 0.15) is 36.2 Å². The molecule has 8 heteroatoms. The van der Waals surface area contributed by atoms with Gasteiger partial charge in [-0.3, -0.25) is 14.6 Å². The van der Waals surface area contributed by atoms with E-state index >= 15 is 0 Å². The van der Waals surface area contributed by atoms with Crippen molar-refractivity contribution in [2.24, 2.45) is 11.7 Å². The van der Waals surface area contributed by atoms with Crippen LogP contribution in [0.25, 0.3) is 11.1 Å². The van der Waals surface area contributed by atoms with Crippen LogP contribution in [0.2, 0.25) is 0 Å². The molecule has 186 valence electrons. The smallest absolute Gasteiger partial charge is 0.241 e. The Morgan fingerprint density at radius 3 is 2.81 bits per heavy atom. The van der Waals surface area contributed by atoms with Gasteiger partial charge in [0.15, 0.2) is 6.29 Å². The molecule has 3 aromatic rings. The summed E-state index contributed by atoms with van der Waals surface area (Å²) in [5, 5.41) is 2.86. The Labute approximate surface area is 219 Å². The van der Waals surface area contributed by atoms with Crippen LogP contribution in [0.4, 0.5) is 5.69 Å². The largest absolute Gasteiger partial charge is 0.488 e. The van der Waals surface area contributed by atoms with Crippen LogP contribution in [0.3, 0.4) is 0 Å². The van der Waals surface area contributed by atoms with Crippen molar-refractivity contribution in [3.63, 3.8) is 0 Å². The lowest BCUT2D eigenvalue weighted by Gasteiger charge is -2.21. The van der Waals surface area contributed by atoms with Gasteiger partial charge in [0.1, 0.15) is 24.7 Å². The first-order valence-corrected chi connectivity index (χ1v) is 12.2. The number of nitrogens with two attached hydrogens (primary N) is 1. The Morgan fingerprint density at radius 2 is 2.08 bits per heavy atom. The first-order chi connectivity index (χ1) is 17.3. The molecule has 1 amide bonds. The van der Waals surface area contributed by atoms with Gasteiger partial charge in [0.25, 0.3) is 0 Å². The number of carbonyl (C=O) groups excluding carboxylic acids is 2. The lowest BCUT2D eigenvalue weighted by Crippen LogP contribution is -2.36. The molecule has 36 heavy (non-hydrogen) atoms. The fourth-order valence-corrected chi connectivity index (χ4v) is 3.94. The monoisotopic (exact) mass is 549 g/mol. The van der Waals surface area contributed by atoms with E-state index in [1.165, 1.54) is 0 Å². The van der Waals surface area contributed by atoms with Gasteiger partial charge in [0.2, 0.25) is 5.91 Å². The molecule has 2 aromatic carbocycles. The predicted octanol–water partition coefficient (Wildman–Crippen LogP) is 5.23. The molecule has 1 aliphatic rings. The van der Waals surface area contributed by atoms with E-state index in [2.05, 4.69) is 32.2 Å². The Morgan fingerprint density at radius 1 is 1.28 bits per heavy atom. The van der Waals surface area contributed by atoms with Crippen molar-refractivity contribution < 1.29 is 19.1 Å². The maximum absolute atomic E-state index is 12.1. The van der Waals surface area contributed by atoms with Gasteiger partial charge in [-0.25, -0.2) is 0 Å². The average Bonchev–Trinajstić information content (AvgIpc) is 2.87. The van der Waals surface area contributed by atoms with Crippen LogP contribution >= 0.6 is 15.9 Å². The van der Waals surface area contributed by atoms with Gasteiger partial charge in [0.05, 0.1) is 11.6 Å². The highest BCUT2D eigenvalue weighted by molar-refractivity contribution is 9.10. The minimum Gasteiger partial charge on any atom is -0.488 e. The van der Waals surface area contributed by atoms with E-state index in [1.54, 1.807) is 24.4 Å². The number of terminal acetylenes is 1. The molecule has 2 heterocycles. The summed E-state index contributed by atoms with van der Waals surface area (Å²) in [5.74, 6) is 3.81. The Balaban J connectivity index is 0.000000236. The molecule has 0 saturated heterocycles. The molecule has 1 aromatic heterocycles. The van der Waals surface area contributed by atoms with Gasteiger partial charge in [-0.05, 0) is 54.3 Å². The second-order valence-electron chi connectivity index (χ2n) is 8.55. The summed E-state index contributed by atoms with van der Waals surface area (Å²) in [4.78, 5) is 26.8. The highest BCUT2D eigenvalue weighted by Gasteiger charge is 2.19. The number of benzene rings is 2. The van der Waals surface area contributed by atoms with Crippen LogP contribution in [-0.2, 0) is 11.4 Å². The molecule has 0 aliphatic carbocycles. The zero-order valence-corrected chi connectivity index (χ0v) is 21.7. The normalized spacial score (nSPS) is 12.0. The topological polar surface area (TPSA) is 104 Å². The van der Waals surface area contributed by atoms with Crippen molar-refractivity contribution in [2.75, 3.05) is 11.9 Å². The van der Waals surface area contributed by atoms with Crippen molar-refractivity contribution in [1.29, 1.82) is 0 Å². The lowest BCUT2D eigenvalue weighted by atomic mass is 9.98. The third kappa shape index (κ3) is 7.17. The zero-order valence-electron chi connectivity index (χ0n) is 20.2. The van der Waals surface area contributed by atoms with E-state index in [9.17, 15) is 9.59 Å². The number of hydrogen-bond donors (Lipinski definition) is 2. The summed E-state index contributed by atoms with van der Waals surface area (Å²) in [6.07, 6.45) is 10.0. The number of aromatic nitrogens is 1. The molecule has 0 fully saturated rings. The Bertz CT molecular complexity index is 1270. The summed E-state index contributed by atoms with van der Waals surface area (Å²) in [7, 11) is 0. The van der Waals surface area contributed by atoms with Crippen LogP contribution in [0.15, 0.2) is 59.3 Å². The highest BCUT2D eigenvalue weighted by atomic mass is 79.9. The molecule has 1 atom stereocenters. The number of amides is 1. The van der Waals surface area contributed by atoms with E-state index < -0.39 is 6.04 Å². The Hall–Kier alpha value is -3.67. The van der Waals surface area contributed by atoms with Crippen LogP contribution in [0, 0.1) is 18.3 Å². The molecule has 0 unspecified atom stereocenters. The molecule has 3 N–H and O–H groups in total. The van der Waals surface area contributed by atoms with Gasteiger partial charge < -0.3 is 20.5 Å². The molecule has 1 aliphatic heterocycles. The third-order valence-electron chi connectivity index (χ3n) is 5.30. The van der Waals surface area contributed by atoms with E-state index in [0.29, 0.717) is 35.9 Å². The van der Waals surface area contributed by atoms with Crippen molar-refractivity contribution in [1.82, 2.24) is 4.98 Å². The molecule has 0 saturated carbocycles. The number of pyridine rings is 1. The number of nitrogens with one attached hydrogen (secondary N) is 1. The van der Waals surface area contributed by atoms with Crippen molar-refractivity contribution in [2.45, 2.75) is 32.9 Å². The summed E-state index contributed by atoms with van der Waals surface area (Å²) in [5.41, 5.74) is 10.3. The van der Waals surface area contributed by atoms with Gasteiger partial charge >= 0.3 is 0 Å². The molecule has 0 radical (unpaired) electrons. The minimum atomic E-state index is -0.501. The first kappa shape index (κ1) is 26.9. The van der Waals surface area contributed by atoms with E-state index in [-0.39, 0.29) is 12.5 Å². The fraction of sp³-hybridized carbons (Fsp3) is 0.250. The molecular weight excluding hydrogens is 522 g/mol. The number of ether oxygens (including phenoxy) is 2. The molecule has 0 spiro atoms. The van der Waals surface area contributed by atoms with Gasteiger partial charge in [-0.15, -0.1) is 6.42 Å². The van der Waals surface area contributed by atoms with E-state index in [4.69, 9.17) is 21.6 Å².